The molecule has 0 aliphatic rings. The van der Waals surface area contributed by atoms with E-state index in [9.17, 15) is 18.0 Å². The quantitative estimate of drug-likeness (QED) is 0.495. The zero-order valence-electron chi connectivity index (χ0n) is 15.0. The van der Waals surface area contributed by atoms with Crippen LogP contribution in [0.15, 0.2) is 58.5 Å². The molecule has 0 atom stereocenters. The Balaban J connectivity index is 1.79. The lowest BCUT2D eigenvalue weighted by atomic mass is 10.1. The lowest BCUT2D eigenvalue weighted by Crippen LogP contribution is -2.22. The summed E-state index contributed by atoms with van der Waals surface area (Å²) in [7, 11) is 1.48. The van der Waals surface area contributed by atoms with Crippen LogP contribution in [0.5, 0.6) is 0 Å². The topological polar surface area (TPSA) is 74.3 Å². The van der Waals surface area contributed by atoms with Crippen LogP contribution >= 0.6 is 0 Å². The second kappa shape index (κ2) is 7.67. The van der Waals surface area contributed by atoms with Crippen LogP contribution in [0.4, 0.5) is 13.2 Å². The first kappa shape index (κ1) is 19.3. The molecule has 28 heavy (non-hydrogen) atoms. The van der Waals surface area contributed by atoms with E-state index in [-0.39, 0.29) is 6.61 Å². The Morgan fingerprint density at radius 2 is 1.89 bits per heavy atom. The lowest BCUT2D eigenvalue weighted by molar-refractivity contribution is -0.137. The van der Waals surface area contributed by atoms with Crippen LogP contribution in [-0.4, -0.2) is 25.5 Å². The third kappa shape index (κ3) is 4.11. The number of halogens is 3. The number of benzene rings is 2. The zero-order chi connectivity index (χ0) is 20.3. The molecule has 1 heterocycles. The van der Waals surface area contributed by atoms with Gasteiger partial charge in [-0.05, 0) is 41.1 Å². The monoisotopic (exact) mass is 391 g/mol. The maximum atomic E-state index is 12.8. The largest absolute Gasteiger partial charge is 0.416 e. The van der Waals surface area contributed by atoms with Crippen LogP contribution < -0.4 is 5.69 Å². The second-order valence-electron chi connectivity index (χ2n) is 5.95. The maximum absolute atomic E-state index is 12.8. The van der Waals surface area contributed by atoms with E-state index in [2.05, 4.69) is 15.6 Å². The summed E-state index contributed by atoms with van der Waals surface area (Å²) in [5.74, 6) is 0. The molecule has 1 aromatic heterocycles. The second-order valence-corrected chi connectivity index (χ2v) is 5.95. The molecule has 0 aliphatic heterocycles. The first-order chi connectivity index (χ1) is 13.3. The highest BCUT2D eigenvalue weighted by Gasteiger charge is 2.30. The molecule has 3 rings (SSSR count). The van der Waals surface area contributed by atoms with E-state index in [1.165, 1.54) is 19.2 Å². The summed E-state index contributed by atoms with van der Waals surface area (Å²) in [5.41, 5.74) is 0.509. The summed E-state index contributed by atoms with van der Waals surface area (Å²) in [6, 6.07) is 11.7. The van der Waals surface area contributed by atoms with E-state index in [4.69, 9.17) is 4.84 Å². The molecule has 0 spiro atoms. The molecule has 10 heteroatoms. The fraction of sp³-hybridized carbons (Fsp3) is 0.222. The van der Waals surface area contributed by atoms with Crippen LogP contribution in [0.1, 0.15) is 23.6 Å². The number of oxime groups is 1. The first-order valence-electron chi connectivity index (χ1n) is 8.19. The van der Waals surface area contributed by atoms with Crippen molar-refractivity contribution >= 4 is 5.71 Å². The van der Waals surface area contributed by atoms with Gasteiger partial charge < -0.3 is 4.84 Å². The van der Waals surface area contributed by atoms with Crippen molar-refractivity contribution < 1.29 is 18.0 Å². The normalized spacial score (nSPS) is 12.2. The van der Waals surface area contributed by atoms with Crippen LogP contribution in [0, 0.1) is 0 Å². The van der Waals surface area contributed by atoms with Gasteiger partial charge in [-0.1, -0.05) is 35.5 Å². The van der Waals surface area contributed by atoms with Crippen LogP contribution in [0.25, 0.3) is 5.69 Å². The number of nitrogens with zero attached hydrogens (tertiary/aromatic N) is 5. The Kier molecular flexibility index (Phi) is 5.30. The number of hydrogen-bond acceptors (Lipinski definition) is 5. The summed E-state index contributed by atoms with van der Waals surface area (Å²) in [5, 5.41) is 11.4. The van der Waals surface area contributed by atoms with E-state index in [1.54, 1.807) is 31.2 Å². The van der Waals surface area contributed by atoms with Gasteiger partial charge in [-0.3, -0.25) is 0 Å². The van der Waals surface area contributed by atoms with Gasteiger partial charge >= 0.3 is 11.9 Å². The van der Waals surface area contributed by atoms with Gasteiger partial charge in [0.15, 0.2) is 0 Å². The first-order valence-corrected chi connectivity index (χ1v) is 8.19. The van der Waals surface area contributed by atoms with Crippen molar-refractivity contribution in [2.24, 2.45) is 12.2 Å². The number of tetrazole rings is 1. The van der Waals surface area contributed by atoms with Gasteiger partial charge in [0.05, 0.1) is 17.0 Å². The predicted molar refractivity (Wildman–Crippen MR) is 95.0 cm³/mol. The fourth-order valence-corrected chi connectivity index (χ4v) is 2.48. The molecule has 7 nitrogen and oxygen atoms in total. The Morgan fingerprint density at radius 1 is 1.14 bits per heavy atom. The van der Waals surface area contributed by atoms with Gasteiger partial charge in [-0.2, -0.15) is 22.5 Å². The van der Waals surface area contributed by atoms with Gasteiger partial charge in [-0.15, -0.1) is 0 Å². The molecule has 0 radical (unpaired) electrons. The van der Waals surface area contributed by atoms with Gasteiger partial charge in [0.25, 0.3) is 0 Å². The van der Waals surface area contributed by atoms with Gasteiger partial charge in [-0.25, -0.2) is 4.79 Å². The standard InChI is InChI=1S/C18H16F3N5O2/c1-12(13-7-5-8-15(10-13)18(19,20)21)22-28-11-14-6-3-4-9-16(14)26-17(27)25(2)23-24-26/h3-10H,11H2,1-2H3/b22-12+. The van der Waals surface area contributed by atoms with Crippen LogP contribution in [0.2, 0.25) is 0 Å². The highest BCUT2D eigenvalue weighted by Crippen LogP contribution is 2.29. The maximum Gasteiger partial charge on any atom is 0.416 e. The van der Waals surface area contributed by atoms with Crippen molar-refractivity contribution in [1.82, 2.24) is 19.8 Å². The Hall–Kier alpha value is -3.43. The lowest BCUT2D eigenvalue weighted by Gasteiger charge is -2.09. The molecule has 0 fully saturated rings. The summed E-state index contributed by atoms with van der Waals surface area (Å²) >= 11 is 0. The highest BCUT2D eigenvalue weighted by atomic mass is 19.4. The molecule has 0 saturated carbocycles. The van der Waals surface area contributed by atoms with Crippen LogP contribution in [0.3, 0.4) is 0 Å². The average Bonchev–Trinajstić information content (AvgIpc) is 3.00. The number of rotatable bonds is 5. The molecule has 2 aromatic carbocycles. The molecule has 0 amide bonds. The minimum absolute atomic E-state index is 0.00448. The van der Waals surface area contributed by atoms with Crippen molar-refractivity contribution in [1.29, 1.82) is 0 Å². The van der Waals surface area contributed by atoms with Crippen molar-refractivity contribution in [3.05, 3.63) is 75.7 Å². The number of para-hydroxylation sites is 1. The van der Waals surface area contributed by atoms with Crippen LogP contribution in [-0.2, 0) is 24.7 Å². The summed E-state index contributed by atoms with van der Waals surface area (Å²) in [6.07, 6.45) is -4.43. The molecule has 0 aliphatic carbocycles. The molecule has 0 saturated heterocycles. The Morgan fingerprint density at radius 3 is 2.57 bits per heavy atom. The van der Waals surface area contributed by atoms with Crippen molar-refractivity contribution in [2.75, 3.05) is 0 Å². The van der Waals surface area contributed by atoms with E-state index < -0.39 is 17.4 Å². The Bertz CT molecular complexity index is 1070. The zero-order valence-corrected chi connectivity index (χ0v) is 15.0. The number of alkyl halides is 3. The SMILES string of the molecule is C/C(=N\OCc1ccccc1-n1nnn(C)c1=O)c1cccc(C(F)(F)F)c1. The third-order valence-corrected chi connectivity index (χ3v) is 3.97. The molecule has 0 N–H and O–H groups in total. The minimum Gasteiger partial charge on any atom is -0.391 e. The molecule has 0 bridgehead atoms. The van der Waals surface area contributed by atoms with Gasteiger partial charge in [0.1, 0.15) is 6.61 Å². The highest BCUT2D eigenvalue weighted by molar-refractivity contribution is 5.98. The minimum atomic E-state index is -4.43. The summed E-state index contributed by atoms with van der Waals surface area (Å²) in [4.78, 5) is 17.3. The van der Waals surface area contributed by atoms with Crippen molar-refractivity contribution in [2.45, 2.75) is 19.7 Å². The number of aryl methyl sites for hydroxylation is 1. The van der Waals surface area contributed by atoms with Gasteiger partial charge in [0.2, 0.25) is 0 Å². The smallest absolute Gasteiger partial charge is 0.391 e. The fourth-order valence-electron chi connectivity index (χ4n) is 2.48. The van der Waals surface area contributed by atoms with E-state index in [0.29, 0.717) is 22.5 Å². The van der Waals surface area contributed by atoms with Crippen molar-refractivity contribution in [3.8, 4) is 5.69 Å². The molecular formula is C18H16F3N5O2. The molecule has 146 valence electrons. The molecule has 3 aromatic rings. The summed E-state index contributed by atoms with van der Waals surface area (Å²) < 4.78 is 40.7. The van der Waals surface area contributed by atoms with Crippen molar-refractivity contribution in [3.63, 3.8) is 0 Å². The third-order valence-electron chi connectivity index (χ3n) is 3.97. The van der Waals surface area contributed by atoms with E-state index in [1.807, 2.05) is 0 Å². The average molecular weight is 391 g/mol. The number of hydrogen-bond donors (Lipinski definition) is 0. The Labute approximate surface area is 157 Å². The number of aromatic nitrogens is 4. The molecular weight excluding hydrogens is 375 g/mol. The van der Waals surface area contributed by atoms with Gasteiger partial charge in [0, 0.05) is 12.6 Å². The summed E-state index contributed by atoms with van der Waals surface area (Å²) in [6.45, 7) is 1.55. The van der Waals surface area contributed by atoms with E-state index in [0.717, 1.165) is 21.5 Å². The van der Waals surface area contributed by atoms with E-state index >= 15 is 0 Å². The predicted octanol–water partition coefficient (Wildman–Crippen LogP) is 2.93. The molecule has 0 unspecified atom stereocenters.